The van der Waals surface area contributed by atoms with Crippen molar-refractivity contribution in [2.75, 3.05) is 16.8 Å². The van der Waals surface area contributed by atoms with Crippen LogP contribution in [0.5, 0.6) is 0 Å². The Hall–Kier alpha value is -2.98. The number of carbonyl (C=O) groups is 1. The number of hydrogen-bond donors (Lipinski definition) is 1. The number of aryl methyl sites for hydroxylation is 1. The van der Waals surface area contributed by atoms with Crippen molar-refractivity contribution in [2.24, 2.45) is 0 Å². The summed E-state index contributed by atoms with van der Waals surface area (Å²) in [4.78, 5) is 24.9. The maximum atomic E-state index is 12.8. The highest BCUT2D eigenvalue weighted by Gasteiger charge is 2.34. The number of aromatic nitrogens is 2. The smallest absolute Gasteiger partial charge is 0.271 e. The number of rotatable bonds is 6. The molecule has 1 N–H and O–H groups in total. The molecule has 4 rings (SSSR count). The molecule has 0 aliphatic carbocycles. The quantitative estimate of drug-likeness (QED) is 0.460. The van der Waals surface area contributed by atoms with Crippen LogP contribution in [-0.2, 0) is 4.79 Å². The maximum Gasteiger partial charge on any atom is 0.271 e. The monoisotopic (exact) mass is 427 g/mol. The zero-order valence-electron chi connectivity index (χ0n) is 15.4. The van der Waals surface area contributed by atoms with Gasteiger partial charge in [-0.2, -0.15) is 0 Å². The first-order valence-corrected chi connectivity index (χ1v) is 10.6. The molecule has 1 aromatic heterocycles. The molecule has 1 atom stereocenters. The van der Waals surface area contributed by atoms with E-state index in [1.807, 2.05) is 31.2 Å². The molecule has 2 heterocycles. The lowest BCUT2D eigenvalue weighted by atomic mass is 10.2. The second-order valence-corrected chi connectivity index (χ2v) is 8.96. The molecule has 2 aromatic carbocycles. The van der Waals surface area contributed by atoms with Crippen LogP contribution in [0.4, 0.5) is 22.2 Å². The molecule has 1 aliphatic heterocycles. The van der Waals surface area contributed by atoms with Crippen LogP contribution < -0.4 is 10.2 Å². The van der Waals surface area contributed by atoms with Gasteiger partial charge in [0.25, 0.3) is 5.69 Å². The number of carbonyl (C=O) groups excluding carboxylic acids is 1. The average molecular weight is 428 g/mol. The molecule has 0 saturated carbocycles. The lowest BCUT2D eigenvalue weighted by molar-refractivity contribution is -0.384. The van der Waals surface area contributed by atoms with Crippen molar-refractivity contribution in [3.8, 4) is 0 Å². The van der Waals surface area contributed by atoms with Gasteiger partial charge >= 0.3 is 0 Å². The molecule has 1 amide bonds. The van der Waals surface area contributed by atoms with Gasteiger partial charge < -0.3 is 10.2 Å². The first-order valence-electron chi connectivity index (χ1n) is 8.89. The van der Waals surface area contributed by atoms with E-state index in [0.29, 0.717) is 28.1 Å². The first kappa shape index (κ1) is 19.3. The molecule has 1 saturated heterocycles. The van der Waals surface area contributed by atoms with Crippen molar-refractivity contribution >= 4 is 51.2 Å². The molecule has 1 fully saturated rings. The lowest BCUT2D eigenvalue weighted by Gasteiger charge is -2.16. The van der Waals surface area contributed by atoms with E-state index in [-0.39, 0.29) is 16.8 Å². The second-order valence-electron chi connectivity index (χ2n) is 6.53. The highest BCUT2D eigenvalue weighted by atomic mass is 32.2. The van der Waals surface area contributed by atoms with Gasteiger partial charge in [0.05, 0.1) is 15.9 Å². The molecule has 0 spiro atoms. The molecule has 0 bridgehead atoms. The summed E-state index contributed by atoms with van der Waals surface area (Å²) in [6.45, 7) is 2.54. The lowest BCUT2D eigenvalue weighted by Crippen LogP contribution is -2.27. The van der Waals surface area contributed by atoms with Crippen LogP contribution in [0.2, 0.25) is 0 Å². The number of thioether (sulfide) groups is 1. The van der Waals surface area contributed by atoms with Crippen LogP contribution in [0.3, 0.4) is 0 Å². The number of nitrogens with zero attached hydrogens (tertiary/aromatic N) is 4. The van der Waals surface area contributed by atoms with Crippen LogP contribution in [-0.4, -0.2) is 32.8 Å². The highest BCUT2D eigenvalue weighted by Crippen LogP contribution is 2.36. The Morgan fingerprint density at radius 2 is 2.07 bits per heavy atom. The molecule has 10 heteroatoms. The summed E-state index contributed by atoms with van der Waals surface area (Å²) in [5, 5.41) is 22.9. The van der Waals surface area contributed by atoms with Gasteiger partial charge in [-0.1, -0.05) is 41.3 Å². The van der Waals surface area contributed by atoms with E-state index in [1.165, 1.54) is 35.2 Å². The summed E-state index contributed by atoms with van der Waals surface area (Å²) in [5.41, 5.74) is 2.60. The van der Waals surface area contributed by atoms with Crippen molar-refractivity contribution in [3.05, 3.63) is 64.2 Å². The predicted molar refractivity (Wildman–Crippen MR) is 114 cm³/mol. The summed E-state index contributed by atoms with van der Waals surface area (Å²) < 4.78 is 0.708. The minimum atomic E-state index is -0.458. The molecular weight excluding hydrogens is 410 g/mol. The Labute approximate surface area is 175 Å². The van der Waals surface area contributed by atoms with Gasteiger partial charge in [-0.25, -0.2) is 0 Å². The zero-order valence-corrected chi connectivity index (χ0v) is 17.1. The molecule has 148 valence electrons. The van der Waals surface area contributed by atoms with Gasteiger partial charge in [0.15, 0.2) is 4.34 Å². The van der Waals surface area contributed by atoms with Gasteiger partial charge in [0.2, 0.25) is 11.0 Å². The fourth-order valence-electron chi connectivity index (χ4n) is 3.07. The van der Waals surface area contributed by atoms with Gasteiger partial charge in [-0.3, -0.25) is 14.9 Å². The summed E-state index contributed by atoms with van der Waals surface area (Å²) in [5.74, 6) is -0.0705. The van der Waals surface area contributed by atoms with Crippen molar-refractivity contribution in [1.29, 1.82) is 0 Å². The number of nitro groups is 1. The van der Waals surface area contributed by atoms with Gasteiger partial charge in [0, 0.05) is 24.4 Å². The Morgan fingerprint density at radius 1 is 1.24 bits per heavy atom. The highest BCUT2D eigenvalue weighted by molar-refractivity contribution is 8.02. The van der Waals surface area contributed by atoms with E-state index >= 15 is 0 Å². The van der Waals surface area contributed by atoms with E-state index < -0.39 is 4.92 Å². The Morgan fingerprint density at radius 3 is 2.86 bits per heavy atom. The summed E-state index contributed by atoms with van der Waals surface area (Å²) in [6, 6.07) is 14.1. The summed E-state index contributed by atoms with van der Waals surface area (Å²) >= 11 is 2.78. The minimum absolute atomic E-state index is 0.0256. The first-order chi connectivity index (χ1) is 14.0. The molecular formula is C19H17N5O3S2. The number of nitro benzene ring substituents is 1. The van der Waals surface area contributed by atoms with E-state index in [2.05, 4.69) is 15.5 Å². The van der Waals surface area contributed by atoms with Crippen LogP contribution in [0.25, 0.3) is 0 Å². The van der Waals surface area contributed by atoms with Crippen LogP contribution in [0, 0.1) is 17.0 Å². The minimum Gasteiger partial charge on any atom is -0.330 e. The topological polar surface area (TPSA) is 101 Å². The molecule has 1 unspecified atom stereocenters. The fourth-order valence-corrected chi connectivity index (χ4v) is 5.13. The SMILES string of the molecule is Cc1cccc(Nc2nnc(SC3CCN(c4cccc([N+](=O)[O-])c4)C3=O)s2)c1. The van der Waals surface area contributed by atoms with Crippen molar-refractivity contribution in [3.63, 3.8) is 0 Å². The average Bonchev–Trinajstić information content (AvgIpc) is 3.29. The summed E-state index contributed by atoms with van der Waals surface area (Å²) in [6.07, 6.45) is 0.645. The number of nitrogens with one attached hydrogen (secondary N) is 1. The van der Waals surface area contributed by atoms with E-state index in [0.717, 1.165) is 11.3 Å². The predicted octanol–water partition coefficient (Wildman–Crippen LogP) is 4.40. The number of benzene rings is 2. The number of amides is 1. The third-order valence-electron chi connectivity index (χ3n) is 4.43. The van der Waals surface area contributed by atoms with Crippen molar-refractivity contribution in [1.82, 2.24) is 10.2 Å². The Balaban J connectivity index is 1.42. The van der Waals surface area contributed by atoms with Crippen LogP contribution >= 0.6 is 23.1 Å². The maximum absolute atomic E-state index is 12.8. The largest absolute Gasteiger partial charge is 0.330 e. The molecule has 8 nitrogen and oxygen atoms in total. The molecule has 0 radical (unpaired) electrons. The number of hydrogen-bond acceptors (Lipinski definition) is 8. The normalized spacial score (nSPS) is 16.2. The number of anilines is 3. The van der Waals surface area contributed by atoms with Gasteiger partial charge in [-0.15, -0.1) is 10.2 Å². The fraction of sp³-hybridized carbons (Fsp3) is 0.211. The zero-order chi connectivity index (χ0) is 20.4. The van der Waals surface area contributed by atoms with Crippen LogP contribution in [0.15, 0.2) is 52.9 Å². The third-order valence-corrected chi connectivity index (χ3v) is 6.60. The van der Waals surface area contributed by atoms with Crippen molar-refractivity contribution < 1.29 is 9.72 Å². The number of non-ortho nitro benzene ring substituents is 1. The second kappa shape index (κ2) is 8.18. The standard InChI is InChI=1S/C19H17N5O3S2/c1-12-4-2-5-13(10-12)20-18-21-22-19(29-18)28-16-8-9-23(17(16)25)14-6-3-7-15(11-14)24(26)27/h2-7,10-11,16H,8-9H2,1H3,(H,20,21). The van der Waals surface area contributed by atoms with E-state index in [1.54, 1.807) is 17.0 Å². The van der Waals surface area contributed by atoms with Crippen LogP contribution in [0.1, 0.15) is 12.0 Å². The summed E-state index contributed by atoms with van der Waals surface area (Å²) in [7, 11) is 0. The van der Waals surface area contributed by atoms with E-state index in [9.17, 15) is 14.9 Å². The van der Waals surface area contributed by atoms with Gasteiger partial charge in [0.1, 0.15) is 0 Å². The third kappa shape index (κ3) is 4.38. The molecule has 3 aromatic rings. The van der Waals surface area contributed by atoms with Crippen molar-refractivity contribution in [2.45, 2.75) is 22.9 Å². The van der Waals surface area contributed by atoms with Gasteiger partial charge in [-0.05, 0) is 37.1 Å². The molecule has 29 heavy (non-hydrogen) atoms. The molecule has 1 aliphatic rings. The Kier molecular flexibility index (Phi) is 5.45. The Bertz CT molecular complexity index is 1070. The van der Waals surface area contributed by atoms with E-state index in [4.69, 9.17) is 0 Å².